The van der Waals surface area contributed by atoms with Crippen LogP contribution in [0.15, 0.2) is 30.3 Å². The zero-order valence-corrected chi connectivity index (χ0v) is 16.8. The smallest absolute Gasteiger partial charge is 0.274 e. The molecule has 0 bridgehead atoms. The molecule has 0 atom stereocenters. The van der Waals surface area contributed by atoms with E-state index in [1.165, 1.54) is 5.56 Å². The molecule has 0 radical (unpaired) electrons. The van der Waals surface area contributed by atoms with Crippen molar-refractivity contribution in [3.63, 3.8) is 0 Å². The highest BCUT2D eigenvalue weighted by Crippen LogP contribution is 2.25. The Hall–Kier alpha value is -1.89. The Morgan fingerprint density at radius 1 is 1.22 bits per heavy atom. The molecule has 2 aliphatic heterocycles. The Kier molecular flexibility index (Phi) is 5.89. The lowest BCUT2D eigenvalue weighted by Gasteiger charge is -2.47. The Morgan fingerprint density at radius 3 is 2.74 bits per heavy atom. The van der Waals surface area contributed by atoms with E-state index in [9.17, 15) is 4.79 Å². The molecule has 0 saturated carbocycles. The van der Waals surface area contributed by atoms with Crippen LogP contribution in [0.3, 0.4) is 0 Å². The van der Waals surface area contributed by atoms with Crippen LogP contribution in [0.25, 0.3) is 0 Å². The molecule has 1 amide bonds. The van der Waals surface area contributed by atoms with Crippen LogP contribution in [0.4, 0.5) is 0 Å². The lowest BCUT2D eigenvalue weighted by atomic mass is 9.97. The molecule has 1 aromatic carbocycles. The van der Waals surface area contributed by atoms with E-state index in [-0.39, 0.29) is 23.9 Å². The largest absolute Gasteiger partial charge is 0.334 e. The Labute approximate surface area is 166 Å². The fourth-order valence-corrected chi connectivity index (χ4v) is 4.01. The van der Waals surface area contributed by atoms with Gasteiger partial charge in [-0.25, -0.2) is 0 Å². The van der Waals surface area contributed by atoms with Crippen molar-refractivity contribution in [2.45, 2.75) is 38.9 Å². The van der Waals surface area contributed by atoms with Crippen molar-refractivity contribution >= 4 is 18.3 Å². The number of hydrogen-bond donors (Lipinski definition) is 2. The van der Waals surface area contributed by atoms with Crippen LogP contribution >= 0.6 is 12.4 Å². The number of carbonyl (C=O) groups excluding carboxylic acids is 1. The minimum absolute atomic E-state index is 0. The highest BCUT2D eigenvalue weighted by atomic mass is 35.5. The first-order valence-corrected chi connectivity index (χ1v) is 9.40. The molecule has 2 aliphatic rings. The number of piperazine rings is 1. The standard InChI is InChI=1S/C20H27N5O.ClH/c1-20(2)14-24(10-11-25(20)13-15-6-4-3-5-7-15)19(26)18-16-12-21-9-8-17(16)22-23-18;/h3-7,21H,8-14H2,1-2H3,(H,22,23);1H. The number of benzene rings is 1. The second-order valence-corrected chi connectivity index (χ2v) is 7.90. The highest BCUT2D eigenvalue weighted by molar-refractivity contribution is 5.94. The van der Waals surface area contributed by atoms with Crippen LogP contribution in [-0.2, 0) is 19.5 Å². The van der Waals surface area contributed by atoms with Gasteiger partial charge >= 0.3 is 0 Å². The Bertz CT molecular complexity index is 789. The van der Waals surface area contributed by atoms with Gasteiger partial charge in [0.15, 0.2) is 5.69 Å². The Morgan fingerprint density at radius 2 is 2.00 bits per heavy atom. The number of nitrogens with zero attached hydrogens (tertiary/aromatic N) is 3. The first kappa shape index (κ1) is 19.9. The normalized spacial score (nSPS) is 19.3. The molecule has 27 heavy (non-hydrogen) atoms. The molecular formula is C20H28ClN5O. The lowest BCUT2D eigenvalue weighted by Crippen LogP contribution is -2.60. The second-order valence-electron chi connectivity index (χ2n) is 7.90. The van der Waals surface area contributed by atoms with Crippen LogP contribution in [0.5, 0.6) is 0 Å². The number of rotatable bonds is 3. The lowest BCUT2D eigenvalue weighted by molar-refractivity contribution is 0.0135. The van der Waals surface area contributed by atoms with Gasteiger partial charge in [-0.15, -0.1) is 12.4 Å². The molecule has 0 spiro atoms. The van der Waals surface area contributed by atoms with E-state index in [0.717, 1.165) is 50.4 Å². The SMILES string of the molecule is CC1(C)CN(C(=O)c2n[nH]c3c2CNCC3)CCN1Cc1ccccc1.Cl. The summed E-state index contributed by atoms with van der Waals surface area (Å²) in [4.78, 5) is 17.5. The summed E-state index contributed by atoms with van der Waals surface area (Å²) in [7, 11) is 0. The van der Waals surface area contributed by atoms with Crippen molar-refractivity contribution in [1.82, 2.24) is 25.3 Å². The van der Waals surface area contributed by atoms with Gasteiger partial charge in [-0.1, -0.05) is 30.3 Å². The third-order valence-electron chi connectivity index (χ3n) is 5.59. The highest BCUT2D eigenvalue weighted by Gasteiger charge is 2.37. The maximum atomic E-state index is 13.1. The minimum atomic E-state index is -0.0711. The first-order chi connectivity index (χ1) is 12.5. The summed E-state index contributed by atoms with van der Waals surface area (Å²) in [5, 5.41) is 10.7. The zero-order chi connectivity index (χ0) is 18.1. The van der Waals surface area contributed by atoms with Crippen molar-refractivity contribution in [2.24, 2.45) is 0 Å². The first-order valence-electron chi connectivity index (χ1n) is 9.40. The average molecular weight is 390 g/mol. The predicted molar refractivity (Wildman–Crippen MR) is 108 cm³/mol. The van der Waals surface area contributed by atoms with E-state index in [0.29, 0.717) is 12.2 Å². The number of amides is 1. The van der Waals surface area contributed by atoms with E-state index in [2.05, 4.69) is 58.5 Å². The number of aromatic nitrogens is 2. The molecule has 1 saturated heterocycles. The number of hydrogen-bond acceptors (Lipinski definition) is 4. The molecule has 6 nitrogen and oxygen atoms in total. The van der Waals surface area contributed by atoms with Crippen molar-refractivity contribution in [1.29, 1.82) is 0 Å². The minimum Gasteiger partial charge on any atom is -0.334 e. The molecular weight excluding hydrogens is 362 g/mol. The number of aromatic amines is 1. The van der Waals surface area contributed by atoms with E-state index >= 15 is 0 Å². The maximum absolute atomic E-state index is 13.1. The molecule has 0 aliphatic carbocycles. The van der Waals surface area contributed by atoms with Crippen LogP contribution in [0.1, 0.15) is 41.2 Å². The van der Waals surface area contributed by atoms with Crippen LogP contribution in [0, 0.1) is 0 Å². The molecule has 2 aromatic rings. The summed E-state index contributed by atoms with van der Waals surface area (Å²) in [6.45, 7) is 9.35. The summed E-state index contributed by atoms with van der Waals surface area (Å²) in [6, 6.07) is 10.5. The van der Waals surface area contributed by atoms with Crippen LogP contribution in [-0.4, -0.2) is 57.6 Å². The number of halogens is 1. The van der Waals surface area contributed by atoms with Crippen molar-refractivity contribution in [3.05, 3.63) is 52.8 Å². The third-order valence-corrected chi connectivity index (χ3v) is 5.59. The number of fused-ring (bicyclic) bond motifs is 1. The molecule has 2 N–H and O–H groups in total. The third kappa shape index (κ3) is 4.03. The van der Waals surface area contributed by atoms with Crippen LogP contribution < -0.4 is 5.32 Å². The fourth-order valence-electron chi connectivity index (χ4n) is 4.01. The van der Waals surface area contributed by atoms with Gasteiger partial charge in [0.05, 0.1) is 0 Å². The van der Waals surface area contributed by atoms with Gasteiger partial charge in [0.1, 0.15) is 0 Å². The van der Waals surface area contributed by atoms with E-state index in [1.54, 1.807) is 0 Å². The molecule has 1 aromatic heterocycles. The van der Waals surface area contributed by atoms with Gasteiger partial charge in [-0.3, -0.25) is 14.8 Å². The summed E-state index contributed by atoms with van der Waals surface area (Å²) in [6.07, 6.45) is 0.909. The maximum Gasteiger partial charge on any atom is 0.274 e. The van der Waals surface area contributed by atoms with Gasteiger partial charge in [-0.2, -0.15) is 5.10 Å². The van der Waals surface area contributed by atoms with E-state index in [4.69, 9.17) is 0 Å². The molecule has 4 rings (SSSR count). The molecule has 7 heteroatoms. The molecule has 1 fully saturated rings. The van der Waals surface area contributed by atoms with Gasteiger partial charge < -0.3 is 10.2 Å². The zero-order valence-electron chi connectivity index (χ0n) is 16.0. The van der Waals surface area contributed by atoms with Gasteiger partial charge in [0.25, 0.3) is 5.91 Å². The number of nitrogens with one attached hydrogen (secondary N) is 2. The Balaban J connectivity index is 0.00000210. The number of carbonyl (C=O) groups is 1. The average Bonchev–Trinajstić information content (AvgIpc) is 3.07. The van der Waals surface area contributed by atoms with Gasteiger partial charge in [0.2, 0.25) is 0 Å². The molecule has 3 heterocycles. The summed E-state index contributed by atoms with van der Waals surface area (Å²) in [5.41, 5.74) is 3.99. The summed E-state index contributed by atoms with van der Waals surface area (Å²) < 4.78 is 0. The predicted octanol–water partition coefficient (Wildman–Crippen LogP) is 2.21. The van der Waals surface area contributed by atoms with Gasteiger partial charge in [-0.05, 0) is 19.4 Å². The van der Waals surface area contributed by atoms with Crippen molar-refractivity contribution < 1.29 is 4.79 Å². The molecule has 146 valence electrons. The van der Waals surface area contributed by atoms with Crippen LogP contribution in [0.2, 0.25) is 0 Å². The van der Waals surface area contributed by atoms with Crippen molar-refractivity contribution in [3.8, 4) is 0 Å². The second kappa shape index (κ2) is 8.00. The summed E-state index contributed by atoms with van der Waals surface area (Å²) >= 11 is 0. The summed E-state index contributed by atoms with van der Waals surface area (Å²) in [5.74, 6) is 0.0543. The quantitative estimate of drug-likeness (QED) is 0.844. The fraction of sp³-hybridized carbons (Fsp3) is 0.500. The van der Waals surface area contributed by atoms with Gasteiger partial charge in [0, 0.05) is 62.5 Å². The van der Waals surface area contributed by atoms with Crippen molar-refractivity contribution in [2.75, 3.05) is 26.2 Å². The van der Waals surface area contributed by atoms with E-state index in [1.807, 2.05) is 11.0 Å². The topological polar surface area (TPSA) is 64.3 Å². The van der Waals surface area contributed by atoms with E-state index < -0.39 is 0 Å². The number of H-pyrrole nitrogens is 1. The molecule has 0 unspecified atom stereocenters. The monoisotopic (exact) mass is 389 g/mol.